The van der Waals surface area contributed by atoms with Crippen LogP contribution >= 0.6 is 0 Å². The van der Waals surface area contributed by atoms with Crippen LogP contribution < -0.4 is 10.1 Å². The van der Waals surface area contributed by atoms with E-state index in [1.807, 2.05) is 19.0 Å². The minimum Gasteiger partial charge on any atom is -0.481 e. The van der Waals surface area contributed by atoms with Crippen LogP contribution in [0.1, 0.15) is 11.6 Å². The molecule has 1 aromatic rings. The number of pyridine rings is 1. The summed E-state index contributed by atoms with van der Waals surface area (Å²) >= 11 is 0. The molecule has 0 bridgehead atoms. The molecule has 6 heteroatoms. The zero-order valence-electron chi connectivity index (χ0n) is 11.8. The van der Waals surface area contributed by atoms with Gasteiger partial charge < -0.3 is 14.4 Å². The Morgan fingerprint density at radius 1 is 1.42 bits per heavy atom. The lowest BCUT2D eigenvalue weighted by Crippen LogP contribution is -2.34. The molecule has 1 N–H and O–H groups in total. The quantitative estimate of drug-likeness (QED) is 0.724. The van der Waals surface area contributed by atoms with E-state index in [0.717, 1.165) is 12.1 Å². The summed E-state index contributed by atoms with van der Waals surface area (Å²) in [5, 5.41) is 3.16. The Balaban J connectivity index is 2.74. The van der Waals surface area contributed by atoms with Gasteiger partial charge in [-0.1, -0.05) is 0 Å². The van der Waals surface area contributed by atoms with Crippen LogP contribution in [0.3, 0.4) is 0 Å². The summed E-state index contributed by atoms with van der Waals surface area (Å²) < 4.78 is 9.80. The zero-order chi connectivity index (χ0) is 14.3. The number of likely N-dealkylation sites (N-methyl/N-ethyl adjacent to an activating group) is 1. The average Bonchev–Trinajstić information content (AvgIpc) is 2.43. The number of ether oxygens (including phenoxy) is 2. The lowest BCUT2D eigenvalue weighted by atomic mass is 10.1. The first-order valence-corrected chi connectivity index (χ1v) is 6.04. The molecule has 0 aromatic carbocycles. The topological polar surface area (TPSA) is 63.7 Å². The summed E-state index contributed by atoms with van der Waals surface area (Å²) in [5.74, 6) is 0.186. The number of methoxy groups -OCH3 is 2. The average molecular weight is 267 g/mol. The van der Waals surface area contributed by atoms with Crippen molar-refractivity contribution in [2.45, 2.75) is 6.04 Å². The molecule has 19 heavy (non-hydrogen) atoms. The van der Waals surface area contributed by atoms with Crippen molar-refractivity contribution >= 4 is 5.97 Å². The summed E-state index contributed by atoms with van der Waals surface area (Å²) in [5.41, 5.74) is 0.756. The van der Waals surface area contributed by atoms with E-state index in [0.29, 0.717) is 12.4 Å². The fraction of sp³-hybridized carbons (Fsp3) is 0.538. The van der Waals surface area contributed by atoms with E-state index in [9.17, 15) is 4.79 Å². The van der Waals surface area contributed by atoms with Gasteiger partial charge in [-0.3, -0.25) is 5.32 Å². The molecule has 1 rings (SSSR count). The van der Waals surface area contributed by atoms with E-state index in [2.05, 4.69) is 10.3 Å². The largest absolute Gasteiger partial charge is 0.481 e. The second kappa shape index (κ2) is 7.70. The summed E-state index contributed by atoms with van der Waals surface area (Å²) in [4.78, 5) is 17.9. The van der Waals surface area contributed by atoms with Gasteiger partial charge in [0.1, 0.15) is 6.04 Å². The predicted molar refractivity (Wildman–Crippen MR) is 72.1 cm³/mol. The van der Waals surface area contributed by atoms with E-state index < -0.39 is 6.04 Å². The SMILES string of the molecule is COC(=O)C(NCCN(C)C)c1ccc(OC)nc1. The minimum atomic E-state index is -0.511. The van der Waals surface area contributed by atoms with Crippen LogP contribution in [0.15, 0.2) is 18.3 Å². The monoisotopic (exact) mass is 267 g/mol. The highest BCUT2D eigenvalue weighted by molar-refractivity contribution is 5.77. The van der Waals surface area contributed by atoms with Crippen LogP contribution in [0.2, 0.25) is 0 Å². The van der Waals surface area contributed by atoms with Gasteiger partial charge in [0, 0.05) is 25.4 Å². The van der Waals surface area contributed by atoms with E-state index >= 15 is 0 Å². The smallest absolute Gasteiger partial charge is 0.327 e. The Kier molecular flexibility index (Phi) is 6.24. The second-order valence-corrected chi connectivity index (χ2v) is 4.35. The Morgan fingerprint density at radius 3 is 2.63 bits per heavy atom. The normalized spacial score (nSPS) is 12.3. The highest BCUT2D eigenvalue weighted by Crippen LogP contribution is 2.16. The maximum absolute atomic E-state index is 11.8. The molecule has 0 amide bonds. The number of carbonyl (C=O) groups excluding carboxylic acids is 1. The third-order valence-corrected chi connectivity index (χ3v) is 2.65. The molecular formula is C13H21N3O3. The molecule has 1 heterocycles. The van der Waals surface area contributed by atoms with Crippen molar-refractivity contribution < 1.29 is 14.3 Å². The first-order chi connectivity index (χ1) is 9.08. The fourth-order valence-electron chi connectivity index (χ4n) is 1.57. The van der Waals surface area contributed by atoms with Gasteiger partial charge in [0.2, 0.25) is 5.88 Å². The number of nitrogens with zero attached hydrogens (tertiary/aromatic N) is 2. The van der Waals surface area contributed by atoms with Crippen molar-refractivity contribution in [1.82, 2.24) is 15.2 Å². The van der Waals surface area contributed by atoms with Gasteiger partial charge in [0.25, 0.3) is 0 Å². The Bertz CT molecular complexity index is 393. The van der Waals surface area contributed by atoms with Gasteiger partial charge in [-0.15, -0.1) is 0 Å². The van der Waals surface area contributed by atoms with Crippen molar-refractivity contribution in [3.63, 3.8) is 0 Å². The standard InChI is InChI=1S/C13H21N3O3/c1-16(2)8-7-14-12(13(17)19-4)10-5-6-11(18-3)15-9-10/h5-6,9,12,14H,7-8H2,1-4H3. The van der Waals surface area contributed by atoms with Crippen molar-refractivity contribution in [3.05, 3.63) is 23.9 Å². The maximum atomic E-state index is 11.8. The number of nitrogens with one attached hydrogen (secondary N) is 1. The van der Waals surface area contributed by atoms with Gasteiger partial charge in [-0.2, -0.15) is 0 Å². The molecule has 0 fully saturated rings. The molecular weight excluding hydrogens is 246 g/mol. The van der Waals surface area contributed by atoms with Crippen molar-refractivity contribution in [3.8, 4) is 5.88 Å². The number of carbonyl (C=O) groups is 1. The highest BCUT2D eigenvalue weighted by atomic mass is 16.5. The molecule has 0 aliphatic carbocycles. The Labute approximate surface area is 113 Å². The van der Waals surface area contributed by atoms with E-state index in [1.54, 1.807) is 25.4 Å². The Hall–Kier alpha value is -1.66. The first-order valence-electron chi connectivity index (χ1n) is 6.04. The van der Waals surface area contributed by atoms with Crippen LogP contribution in [-0.2, 0) is 9.53 Å². The zero-order valence-corrected chi connectivity index (χ0v) is 11.8. The molecule has 0 saturated heterocycles. The second-order valence-electron chi connectivity index (χ2n) is 4.35. The molecule has 0 aliphatic heterocycles. The summed E-state index contributed by atoms with van der Waals surface area (Å²) in [7, 11) is 6.88. The van der Waals surface area contributed by atoms with Crippen LogP contribution in [0.25, 0.3) is 0 Å². The van der Waals surface area contributed by atoms with E-state index in [4.69, 9.17) is 9.47 Å². The number of aromatic nitrogens is 1. The maximum Gasteiger partial charge on any atom is 0.327 e. The fourth-order valence-corrected chi connectivity index (χ4v) is 1.57. The summed E-state index contributed by atoms with van der Waals surface area (Å²) in [6, 6.07) is 3.01. The van der Waals surface area contributed by atoms with Crippen LogP contribution in [0, 0.1) is 0 Å². The lowest BCUT2D eigenvalue weighted by Gasteiger charge is -2.18. The number of hydrogen-bond donors (Lipinski definition) is 1. The van der Waals surface area contributed by atoms with Gasteiger partial charge in [-0.25, -0.2) is 9.78 Å². The first kappa shape index (κ1) is 15.4. The molecule has 0 saturated carbocycles. The third-order valence-electron chi connectivity index (χ3n) is 2.65. The van der Waals surface area contributed by atoms with E-state index in [-0.39, 0.29) is 5.97 Å². The van der Waals surface area contributed by atoms with Gasteiger partial charge in [0.15, 0.2) is 0 Å². The van der Waals surface area contributed by atoms with E-state index in [1.165, 1.54) is 7.11 Å². The van der Waals surface area contributed by atoms with Gasteiger partial charge in [0.05, 0.1) is 14.2 Å². The minimum absolute atomic E-state index is 0.328. The van der Waals surface area contributed by atoms with Gasteiger partial charge in [-0.05, 0) is 25.7 Å². The van der Waals surface area contributed by atoms with Crippen molar-refractivity contribution in [2.75, 3.05) is 41.4 Å². The molecule has 0 aliphatic rings. The van der Waals surface area contributed by atoms with Crippen LogP contribution in [0.5, 0.6) is 5.88 Å². The molecule has 6 nitrogen and oxygen atoms in total. The molecule has 1 aromatic heterocycles. The molecule has 0 radical (unpaired) electrons. The number of rotatable bonds is 7. The summed E-state index contributed by atoms with van der Waals surface area (Å²) in [6.45, 7) is 1.51. The summed E-state index contributed by atoms with van der Waals surface area (Å²) in [6.07, 6.45) is 1.61. The van der Waals surface area contributed by atoms with Crippen LogP contribution in [0.4, 0.5) is 0 Å². The lowest BCUT2D eigenvalue weighted by molar-refractivity contribution is -0.143. The highest BCUT2D eigenvalue weighted by Gasteiger charge is 2.21. The third kappa shape index (κ3) is 4.84. The molecule has 0 spiro atoms. The Morgan fingerprint density at radius 2 is 2.16 bits per heavy atom. The number of hydrogen-bond acceptors (Lipinski definition) is 6. The molecule has 1 atom stereocenters. The van der Waals surface area contributed by atoms with Crippen LogP contribution in [-0.4, -0.2) is 57.3 Å². The van der Waals surface area contributed by atoms with Crippen molar-refractivity contribution in [1.29, 1.82) is 0 Å². The predicted octanol–water partition coefficient (Wildman–Crippen LogP) is 0.456. The van der Waals surface area contributed by atoms with Crippen molar-refractivity contribution in [2.24, 2.45) is 0 Å². The molecule has 1 unspecified atom stereocenters. The molecule has 106 valence electrons. The van der Waals surface area contributed by atoms with Gasteiger partial charge >= 0.3 is 5.97 Å². The number of esters is 1.